The van der Waals surface area contributed by atoms with Gasteiger partial charge >= 0.3 is 12.1 Å². The number of nitrogens with zero attached hydrogens (tertiary/aromatic N) is 4. The Bertz CT molecular complexity index is 620. The van der Waals surface area contributed by atoms with Crippen molar-refractivity contribution >= 4 is 12.1 Å². The lowest BCUT2D eigenvalue weighted by Crippen LogP contribution is -2.55. The Morgan fingerprint density at radius 2 is 1.19 bits per heavy atom. The average Bonchev–Trinajstić information content (AvgIpc) is 3.43. The summed E-state index contributed by atoms with van der Waals surface area (Å²) in [6.45, 7) is 4.18. The summed E-state index contributed by atoms with van der Waals surface area (Å²) in [6, 6.07) is -0.124. The standard InChI is InChI=1S/C16H22N4O6/c21-15-17(3-9-6-24-9)13-14(19(15)5-11-8-26-11)20(12-1-2-23-12)16(22)18(13)4-10-7-25-10/h9-14H,1-8H2. The number of epoxide rings is 3. The summed E-state index contributed by atoms with van der Waals surface area (Å²) in [5, 5.41) is 0. The summed E-state index contributed by atoms with van der Waals surface area (Å²) in [6.07, 6.45) is 0.0747. The Labute approximate surface area is 150 Å². The molecule has 4 amide bonds. The molecule has 6 aliphatic rings. The molecule has 6 rings (SSSR count). The molecule has 0 aromatic heterocycles. The molecule has 0 radical (unpaired) electrons. The minimum absolute atomic E-state index is 0.0514. The SMILES string of the molecule is O=C1N(CC2CO2)C2C(N1CC1CO1)N(C1CCO1)C(=O)N2CC1CO1. The van der Waals surface area contributed by atoms with Crippen molar-refractivity contribution in [1.82, 2.24) is 19.6 Å². The van der Waals surface area contributed by atoms with Gasteiger partial charge in [-0.15, -0.1) is 0 Å². The van der Waals surface area contributed by atoms with E-state index in [2.05, 4.69) is 0 Å². The zero-order valence-electron chi connectivity index (χ0n) is 14.4. The van der Waals surface area contributed by atoms with Crippen LogP contribution in [0.4, 0.5) is 9.59 Å². The lowest BCUT2D eigenvalue weighted by Gasteiger charge is -2.39. The van der Waals surface area contributed by atoms with E-state index in [9.17, 15) is 9.59 Å². The molecular formula is C16H22N4O6. The minimum Gasteiger partial charge on any atom is -0.371 e. The van der Waals surface area contributed by atoms with Crippen molar-refractivity contribution in [2.45, 2.75) is 43.3 Å². The van der Waals surface area contributed by atoms with E-state index in [0.717, 1.165) is 6.42 Å². The first-order chi connectivity index (χ1) is 12.7. The molecule has 10 nitrogen and oxygen atoms in total. The van der Waals surface area contributed by atoms with Crippen LogP contribution in [0.1, 0.15) is 6.42 Å². The molecule has 0 spiro atoms. The van der Waals surface area contributed by atoms with Crippen molar-refractivity contribution in [1.29, 1.82) is 0 Å². The lowest BCUT2D eigenvalue weighted by atomic mass is 10.2. The summed E-state index contributed by atoms with van der Waals surface area (Å²) in [5.74, 6) is 0. The molecule has 10 heteroatoms. The number of ether oxygens (including phenoxy) is 4. The van der Waals surface area contributed by atoms with Crippen LogP contribution in [-0.4, -0.2) is 115 Å². The number of amides is 4. The van der Waals surface area contributed by atoms with E-state index in [4.69, 9.17) is 18.9 Å². The molecule has 0 aliphatic carbocycles. The van der Waals surface area contributed by atoms with Crippen molar-refractivity contribution in [3.63, 3.8) is 0 Å². The van der Waals surface area contributed by atoms with Crippen molar-refractivity contribution < 1.29 is 28.5 Å². The normalized spacial score (nSPS) is 43.1. The smallest absolute Gasteiger partial charge is 0.325 e. The van der Waals surface area contributed by atoms with Crippen LogP contribution in [0.25, 0.3) is 0 Å². The van der Waals surface area contributed by atoms with Crippen LogP contribution in [0.5, 0.6) is 0 Å². The van der Waals surface area contributed by atoms with E-state index in [-0.39, 0.29) is 48.9 Å². The summed E-state index contributed by atoms with van der Waals surface area (Å²) >= 11 is 0. The topological polar surface area (TPSA) is 93.9 Å². The summed E-state index contributed by atoms with van der Waals surface area (Å²) in [7, 11) is 0. The van der Waals surface area contributed by atoms with Gasteiger partial charge in [-0.05, 0) is 0 Å². The highest BCUT2D eigenvalue weighted by molar-refractivity contribution is 5.85. The third-order valence-corrected chi connectivity index (χ3v) is 5.86. The van der Waals surface area contributed by atoms with E-state index in [1.807, 2.05) is 0 Å². The highest BCUT2D eigenvalue weighted by Gasteiger charge is 2.63. The molecule has 26 heavy (non-hydrogen) atoms. The molecule has 6 aliphatic heterocycles. The van der Waals surface area contributed by atoms with Gasteiger partial charge in [-0.3, -0.25) is 19.6 Å². The van der Waals surface area contributed by atoms with Gasteiger partial charge in [0.2, 0.25) is 0 Å². The third kappa shape index (κ3) is 2.39. The molecule has 0 saturated carbocycles. The second kappa shape index (κ2) is 5.44. The monoisotopic (exact) mass is 366 g/mol. The van der Waals surface area contributed by atoms with Crippen molar-refractivity contribution in [2.75, 3.05) is 46.1 Å². The van der Waals surface area contributed by atoms with Gasteiger partial charge in [-0.25, -0.2) is 9.59 Å². The highest BCUT2D eigenvalue weighted by atomic mass is 16.6. The van der Waals surface area contributed by atoms with Gasteiger partial charge in [0, 0.05) is 6.42 Å². The van der Waals surface area contributed by atoms with E-state index >= 15 is 0 Å². The molecule has 6 fully saturated rings. The number of carbonyl (C=O) groups is 2. The number of hydrogen-bond donors (Lipinski definition) is 0. The molecule has 0 N–H and O–H groups in total. The maximum Gasteiger partial charge on any atom is 0.325 e. The maximum atomic E-state index is 13.2. The van der Waals surface area contributed by atoms with Crippen LogP contribution < -0.4 is 0 Å². The van der Waals surface area contributed by atoms with Gasteiger partial charge in [0.25, 0.3) is 0 Å². The van der Waals surface area contributed by atoms with Crippen LogP contribution in [0.2, 0.25) is 0 Å². The average molecular weight is 366 g/mol. The second-order valence-electron chi connectivity index (χ2n) is 7.74. The quantitative estimate of drug-likeness (QED) is 0.540. The van der Waals surface area contributed by atoms with Gasteiger partial charge in [0.1, 0.15) is 12.4 Å². The maximum absolute atomic E-state index is 13.2. The Balaban J connectivity index is 1.35. The van der Waals surface area contributed by atoms with Crippen LogP contribution in [0, 0.1) is 0 Å². The first-order valence-electron chi connectivity index (χ1n) is 9.33. The number of carbonyl (C=O) groups excluding carboxylic acids is 2. The number of fused-ring (bicyclic) bond motifs is 1. The summed E-state index contributed by atoms with van der Waals surface area (Å²) < 4.78 is 21.7. The number of urea groups is 2. The van der Waals surface area contributed by atoms with E-state index in [0.29, 0.717) is 46.1 Å². The van der Waals surface area contributed by atoms with Gasteiger partial charge < -0.3 is 18.9 Å². The van der Waals surface area contributed by atoms with Crippen LogP contribution in [0.3, 0.4) is 0 Å². The zero-order chi connectivity index (χ0) is 17.4. The number of hydrogen-bond acceptors (Lipinski definition) is 6. The van der Waals surface area contributed by atoms with Crippen molar-refractivity contribution in [3.8, 4) is 0 Å². The van der Waals surface area contributed by atoms with Crippen molar-refractivity contribution in [3.05, 3.63) is 0 Å². The van der Waals surface area contributed by atoms with Crippen molar-refractivity contribution in [2.24, 2.45) is 0 Å². The van der Waals surface area contributed by atoms with Crippen LogP contribution in [0.15, 0.2) is 0 Å². The van der Waals surface area contributed by atoms with Gasteiger partial charge in [-0.1, -0.05) is 0 Å². The van der Waals surface area contributed by atoms with Crippen LogP contribution >= 0.6 is 0 Å². The van der Waals surface area contributed by atoms with Gasteiger partial charge in [0.05, 0.1) is 64.4 Å². The lowest BCUT2D eigenvalue weighted by molar-refractivity contribution is -0.143. The Kier molecular flexibility index (Phi) is 3.23. The Morgan fingerprint density at radius 1 is 0.731 bits per heavy atom. The minimum atomic E-state index is -0.345. The fraction of sp³-hybridized carbons (Fsp3) is 0.875. The summed E-state index contributed by atoms with van der Waals surface area (Å²) in [5.41, 5.74) is 0. The molecule has 142 valence electrons. The molecule has 6 heterocycles. The molecule has 0 aromatic rings. The molecule has 6 unspecified atom stereocenters. The summed E-state index contributed by atoms with van der Waals surface area (Å²) in [4.78, 5) is 33.5. The second-order valence-corrected chi connectivity index (χ2v) is 7.74. The molecule has 6 saturated heterocycles. The predicted octanol–water partition coefficient (Wildman–Crippen LogP) is -0.943. The van der Waals surface area contributed by atoms with E-state index < -0.39 is 0 Å². The number of rotatable bonds is 7. The molecule has 0 bridgehead atoms. The van der Waals surface area contributed by atoms with Crippen LogP contribution in [-0.2, 0) is 18.9 Å². The zero-order valence-corrected chi connectivity index (χ0v) is 14.4. The fourth-order valence-corrected chi connectivity index (χ4v) is 4.18. The highest BCUT2D eigenvalue weighted by Crippen LogP contribution is 2.40. The Hall–Kier alpha value is -1.62. The largest absolute Gasteiger partial charge is 0.371 e. The van der Waals surface area contributed by atoms with Gasteiger partial charge in [-0.2, -0.15) is 0 Å². The molecular weight excluding hydrogens is 344 g/mol. The third-order valence-electron chi connectivity index (χ3n) is 5.86. The Morgan fingerprint density at radius 3 is 1.62 bits per heavy atom. The first-order valence-corrected chi connectivity index (χ1v) is 9.33. The fourth-order valence-electron chi connectivity index (χ4n) is 4.18. The van der Waals surface area contributed by atoms with E-state index in [1.165, 1.54) is 0 Å². The van der Waals surface area contributed by atoms with E-state index in [1.54, 1.807) is 19.6 Å². The predicted molar refractivity (Wildman–Crippen MR) is 83.9 cm³/mol. The molecule has 6 atom stereocenters. The first kappa shape index (κ1) is 15.4. The van der Waals surface area contributed by atoms with Gasteiger partial charge in [0.15, 0.2) is 6.17 Å². The molecule has 0 aromatic carbocycles.